The van der Waals surface area contributed by atoms with Crippen molar-refractivity contribution in [3.8, 4) is 0 Å². The van der Waals surface area contributed by atoms with Crippen molar-refractivity contribution in [2.24, 2.45) is 0 Å². The minimum atomic E-state index is 0.265. The SMILES string of the molecule is Cc1ccc(N2CCN(C(=O)CCc3ccccc3)CC2)c(Br)c1. The molecule has 0 spiro atoms. The molecule has 3 rings (SSSR count). The topological polar surface area (TPSA) is 23.6 Å². The molecule has 1 saturated heterocycles. The number of carbonyl (C=O) groups excluding carboxylic acids is 1. The predicted octanol–water partition coefficient (Wildman–Crippen LogP) is 4.04. The number of anilines is 1. The third-order valence-corrected chi connectivity index (χ3v) is 5.18. The van der Waals surface area contributed by atoms with Gasteiger partial charge in [-0.25, -0.2) is 0 Å². The van der Waals surface area contributed by atoms with Crippen molar-refractivity contribution in [3.05, 3.63) is 64.1 Å². The van der Waals surface area contributed by atoms with Crippen LogP contribution in [0.1, 0.15) is 17.5 Å². The van der Waals surface area contributed by atoms with E-state index in [1.807, 2.05) is 23.1 Å². The van der Waals surface area contributed by atoms with Gasteiger partial charge in [0.1, 0.15) is 0 Å². The molecule has 4 heteroatoms. The zero-order valence-corrected chi connectivity index (χ0v) is 15.6. The number of carbonyl (C=O) groups is 1. The number of nitrogens with zero attached hydrogens (tertiary/aromatic N) is 2. The lowest BCUT2D eigenvalue weighted by molar-refractivity contribution is -0.131. The van der Waals surface area contributed by atoms with Gasteiger partial charge in [0.2, 0.25) is 5.91 Å². The minimum Gasteiger partial charge on any atom is -0.367 e. The highest BCUT2D eigenvalue weighted by atomic mass is 79.9. The van der Waals surface area contributed by atoms with Gasteiger partial charge in [-0.05, 0) is 52.5 Å². The summed E-state index contributed by atoms with van der Waals surface area (Å²) in [6.07, 6.45) is 1.42. The molecule has 1 fully saturated rings. The minimum absolute atomic E-state index is 0.265. The summed E-state index contributed by atoms with van der Waals surface area (Å²) in [7, 11) is 0. The number of aryl methyl sites for hydroxylation is 2. The fraction of sp³-hybridized carbons (Fsp3) is 0.350. The summed E-state index contributed by atoms with van der Waals surface area (Å²) in [5.41, 5.74) is 3.70. The Morgan fingerprint density at radius 2 is 1.75 bits per heavy atom. The van der Waals surface area contributed by atoms with Crippen LogP contribution in [0.4, 0.5) is 5.69 Å². The lowest BCUT2D eigenvalue weighted by Crippen LogP contribution is -2.49. The number of hydrogen-bond donors (Lipinski definition) is 0. The van der Waals surface area contributed by atoms with Gasteiger partial charge < -0.3 is 9.80 Å². The third kappa shape index (κ3) is 4.18. The highest BCUT2D eigenvalue weighted by Gasteiger charge is 2.22. The van der Waals surface area contributed by atoms with Crippen molar-refractivity contribution in [2.75, 3.05) is 31.1 Å². The van der Waals surface area contributed by atoms with E-state index in [9.17, 15) is 4.79 Å². The average molecular weight is 387 g/mol. The van der Waals surface area contributed by atoms with Gasteiger partial charge in [0.05, 0.1) is 5.69 Å². The molecule has 0 radical (unpaired) electrons. The van der Waals surface area contributed by atoms with Gasteiger partial charge in [-0.15, -0.1) is 0 Å². The van der Waals surface area contributed by atoms with Crippen molar-refractivity contribution in [3.63, 3.8) is 0 Å². The molecule has 126 valence electrons. The monoisotopic (exact) mass is 386 g/mol. The van der Waals surface area contributed by atoms with Crippen LogP contribution in [-0.2, 0) is 11.2 Å². The van der Waals surface area contributed by atoms with Gasteiger partial charge in [-0.3, -0.25) is 4.79 Å². The molecular formula is C20H23BrN2O. The molecule has 1 aliphatic rings. The summed E-state index contributed by atoms with van der Waals surface area (Å²) in [5, 5.41) is 0. The summed E-state index contributed by atoms with van der Waals surface area (Å²) in [5.74, 6) is 0.265. The number of halogens is 1. The summed E-state index contributed by atoms with van der Waals surface area (Å²) in [6, 6.07) is 16.7. The first kappa shape index (κ1) is 17.0. The fourth-order valence-corrected chi connectivity index (χ4v) is 3.86. The van der Waals surface area contributed by atoms with Gasteiger partial charge in [-0.1, -0.05) is 36.4 Å². The molecule has 1 amide bonds. The van der Waals surface area contributed by atoms with Gasteiger partial charge >= 0.3 is 0 Å². The van der Waals surface area contributed by atoms with E-state index >= 15 is 0 Å². The van der Waals surface area contributed by atoms with Crippen LogP contribution in [0.3, 0.4) is 0 Å². The van der Waals surface area contributed by atoms with Gasteiger partial charge in [0.25, 0.3) is 0 Å². The smallest absolute Gasteiger partial charge is 0.223 e. The van der Waals surface area contributed by atoms with Crippen LogP contribution in [0.2, 0.25) is 0 Å². The Labute approximate surface area is 152 Å². The molecule has 0 atom stereocenters. The van der Waals surface area contributed by atoms with E-state index in [0.717, 1.165) is 37.1 Å². The zero-order valence-electron chi connectivity index (χ0n) is 14.0. The Balaban J connectivity index is 1.52. The number of rotatable bonds is 4. The number of benzene rings is 2. The van der Waals surface area contributed by atoms with E-state index in [2.05, 4.69) is 58.1 Å². The molecule has 2 aromatic carbocycles. The Morgan fingerprint density at radius 1 is 1.04 bits per heavy atom. The van der Waals surface area contributed by atoms with Crippen LogP contribution in [0.15, 0.2) is 53.0 Å². The van der Waals surface area contributed by atoms with E-state index in [1.54, 1.807) is 0 Å². The second-order valence-corrected chi connectivity index (χ2v) is 7.16. The molecule has 1 aliphatic heterocycles. The maximum Gasteiger partial charge on any atom is 0.223 e. The molecule has 0 bridgehead atoms. The summed E-state index contributed by atoms with van der Waals surface area (Å²) in [4.78, 5) is 16.8. The van der Waals surface area contributed by atoms with Crippen molar-refractivity contribution >= 4 is 27.5 Å². The summed E-state index contributed by atoms with van der Waals surface area (Å²) >= 11 is 3.66. The van der Waals surface area contributed by atoms with Crippen molar-refractivity contribution in [2.45, 2.75) is 19.8 Å². The first-order chi connectivity index (χ1) is 11.6. The van der Waals surface area contributed by atoms with Gasteiger partial charge in [0.15, 0.2) is 0 Å². The van der Waals surface area contributed by atoms with E-state index in [1.165, 1.54) is 16.8 Å². The van der Waals surface area contributed by atoms with Crippen LogP contribution in [-0.4, -0.2) is 37.0 Å². The van der Waals surface area contributed by atoms with Crippen LogP contribution in [0.5, 0.6) is 0 Å². The molecule has 0 N–H and O–H groups in total. The molecule has 1 heterocycles. The predicted molar refractivity (Wildman–Crippen MR) is 102 cm³/mol. The first-order valence-electron chi connectivity index (χ1n) is 8.46. The van der Waals surface area contributed by atoms with Crippen LogP contribution < -0.4 is 4.90 Å². The largest absolute Gasteiger partial charge is 0.367 e. The van der Waals surface area contributed by atoms with Crippen LogP contribution >= 0.6 is 15.9 Å². The zero-order chi connectivity index (χ0) is 16.9. The average Bonchev–Trinajstić information content (AvgIpc) is 2.61. The van der Waals surface area contributed by atoms with Crippen LogP contribution in [0, 0.1) is 6.92 Å². The molecular weight excluding hydrogens is 364 g/mol. The highest BCUT2D eigenvalue weighted by molar-refractivity contribution is 9.10. The normalized spacial score (nSPS) is 14.8. The summed E-state index contributed by atoms with van der Waals surface area (Å²) < 4.78 is 1.13. The summed E-state index contributed by atoms with van der Waals surface area (Å²) in [6.45, 7) is 5.47. The van der Waals surface area contributed by atoms with Crippen LogP contribution in [0.25, 0.3) is 0 Å². The number of piperazine rings is 1. The molecule has 0 saturated carbocycles. The van der Waals surface area contributed by atoms with E-state index in [-0.39, 0.29) is 5.91 Å². The standard InChI is InChI=1S/C20H23BrN2O/c1-16-7-9-19(18(21)15-16)22-11-13-23(14-12-22)20(24)10-8-17-5-3-2-4-6-17/h2-7,9,15H,8,10-14H2,1H3. The quantitative estimate of drug-likeness (QED) is 0.791. The maximum absolute atomic E-state index is 12.4. The lowest BCUT2D eigenvalue weighted by atomic mass is 10.1. The third-order valence-electron chi connectivity index (χ3n) is 4.55. The van der Waals surface area contributed by atoms with Gasteiger partial charge in [0, 0.05) is 37.1 Å². The van der Waals surface area contributed by atoms with Gasteiger partial charge in [-0.2, -0.15) is 0 Å². The molecule has 0 aliphatic carbocycles. The second kappa shape index (κ2) is 7.84. The van der Waals surface area contributed by atoms with E-state index < -0.39 is 0 Å². The van der Waals surface area contributed by atoms with Crippen molar-refractivity contribution in [1.29, 1.82) is 0 Å². The molecule has 3 nitrogen and oxygen atoms in total. The lowest BCUT2D eigenvalue weighted by Gasteiger charge is -2.36. The van der Waals surface area contributed by atoms with Crippen molar-refractivity contribution < 1.29 is 4.79 Å². The Bertz CT molecular complexity index is 694. The fourth-order valence-electron chi connectivity index (χ4n) is 3.12. The molecule has 2 aromatic rings. The molecule has 0 unspecified atom stereocenters. The number of hydrogen-bond acceptors (Lipinski definition) is 2. The molecule has 0 aromatic heterocycles. The van der Waals surface area contributed by atoms with E-state index in [0.29, 0.717) is 6.42 Å². The Kier molecular flexibility index (Phi) is 5.56. The maximum atomic E-state index is 12.4. The first-order valence-corrected chi connectivity index (χ1v) is 9.25. The number of amides is 1. The van der Waals surface area contributed by atoms with E-state index in [4.69, 9.17) is 0 Å². The molecule has 24 heavy (non-hydrogen) atoms. The Hall–Kier alpha value is -1.81. The Morgan fingerprint density at radius 3 is 2.42 bits per heavy atom. The highest BCUT2D eigenvalue weighted by Crippen LogP contribution is 2.28. The second-order valence-electron chi connectivity index (χ2n) is 6.31. The van der Waals surface area contributed by atoms with Crippen molar-refractivity contribution in [1.82, 2.24) is 4.90 Å².